The SMILES string of the molecule is COc1ccc(C)cc1C(C)Nc1cc(F)c(F)cc1F. The van der Waals surface area contributed by atoms with E-state index in [0.717, 1.165) is 17.2 Å². The Labute approximate surface area is 121 Å². The number of methoxy groups -OCH3 is 1. The molecule has 0 amide bonds. The zero-order valence-electron chi connectivity index (χ0n) is 12.0. The molecule has 2 rings (SSSR count). The first-order valence-corrected chi connectivity index (χ1v) is 6.48. The van der Waals surface area contributed by atoms with Gasteiger partial charge >= 0.3 is 0 Å². The molecule has 0 aromatic heterocycles. The van der Waals surface area contributed by atoms with Crippen LogP contribution >= 0.6 is 0 Å². The van der Waals surface area contributed by atoms with Gasteiger partial charge < -0.3 is 10.1 Å². The first-order valence-electron chi connectivity index (χ1n) is 6.48. The number of aryl methyl sites for hydroxylation is 1. The van der Waals surface area contributed by atoms with Crippen LogP contribution in [0.4, 0.5) is 18.9 Å². The van der Waals surface area contributed by atoms with Crippen molar-refractivity contribution in [3.8, 4) is 5.75 Å². The van der Waals surface area contributed by atoms with Crippen molar-refractivity contribution in [3.63, 3.8) is 0 Å². The third kappa shape index (κ3) is 3.29. The van der Waals surface area contributed by atoms with Crippen LogP contribution in [0.15, 0.2) is 30.3 Å². The molecule has 2 nitrogen and oxygen atoms in total. The van der Waals surface area contributed by atoms with Crippen LogP contribution in [0.25, 0.3) is 0 Å². The van der Waals surface area contributed by atoms with E-state index in [-0.39, 0.29) is 11.7 Å². The Morgan fingerprint density at radius 3 is 2.33 bits per heavy atom. The van der Waals surface area contributed by atoms with Gasteiger partial charge in [-0.15, -0.1) is 0 Å². The molecule has 1 atom stereocenters. The van der Waals surface area contributed by atoms with Crippen molar-refractivity contribution in [2.45, 2.75) is 19.9 Å². The van der Waals surface area contributed by atoms with E-state index in [1.165, 1.54) is 0 Å². The Balaban J connectivity index is 2.32. The summed E-state index contributed by atoms with van der Waals surface area (Å²) in [5.74, 6) is -2.50. The zero-order chi connectivity index (χ0) is 15.6. The van der Waals surface area contributed by atoms with Gasteiger partial charge in [0.2, 0.25) is 0 Å². The second-order valence-electron chi connectivity index (χ2n) is 4.86. The molecule has 0 heterocycles. The Morgan fingerprint density at radius 1 is 1.00 bits per heavy atom. The lowest BCUT2D eigenvalue weighted by Gasteiger charge is -2.19. The second kappa shape index (κ2) is 6.08. The second-order valence-corrected chi connectivity index (χ2v) is 4.86. The summed E-state index contributed by atoms with van der Waals surface area (Å²) in [4.78, 5) is 0. The Kier molecular flexibility index (Phi) is 4.40. The minimum atomic E-state index is -1.21. The molecule has 0 saturated heterocycles. The lowest BCUT2D eigenvalue weighted by Crippen LogP contribution is -2.10. The van der Waals surface area contributed by atoms with Crippen molar-refractivity contribution in [2.24, 2.45) is 0 Å². The highest BCUT2D eigenvalue weighted by Gasteiger charge is 2.15. The number of ether oxygens (including phenoxy) is 1. The van der Waals surface area contributed by atoms with Crippen LogP contribution in [0.3, 0.4) is 0 Å². The predicted molar refractivity (Wildman–Crippen MR) is 76.1 cm³/mol. The molecule has 112 valence electrons. The van der Waals surface area contributed by atoms with Crippen LogP contribution in [-0.4, -0.2) is 7.11 Å². The lowest BCUT2D eigenvalue weighted by atomic mass is 10.0. The maximum absolute atomic E-state index is 13.7. The number of nitrogens with one attached hydrogen (secondary N) is 1. The van der Waals surface area contributed by atoms with Crippen LogP contribution in [0, 0.1) is 24.4 Å². The van der Waals surface area contributed by atoms with E-state index >= 15 is 0 Å². The molecule has 1 unspecified atom stereocenters. The van der Waals surface area contributed by atoms with Crippen molar-refractivity contribution < 1.29 is 17.9 Å². The van der Waals surface area contributed by atoms with Gasteiger partial charge in [-0.3, -0.25) is 0 Å². The van der Waals surface area contributed by atoms with Gasteiger partial charge in [0.15, 0.2) is 11.6 Å². The molecule has 0 saturated carbocycles. The quantitative estimate of drug-likeness (QED) is 0.833. The summed E-state index contributed by atoms with van der Waals surface area (Å²) in [6.07, 6.45) is 0. The highest BCUT2D eigenvalue weighted by Crippen LogP contribution is 2.30. The number of anilines is 1. The zero-order valence-corrected chi connectivity index (χ0v) is 12.0. The van der Waals surface area contributed by atoms with E-state index in [1.54, 1.807) is 14.0 Å². The molecule has 0 aliphatic heterocycles. The van der Waals surface area contributed by atoms with Gasteiger partial charge in [-0.2, -0.15) is 0 Å². The molecule has 0 bridgehead atoms. The van der Waals surface area contributed by atoms with Crippen molar-refractivity contribution in [1.82, 2.24) is 0 Å². The van der Waals surface area contributed by atoms with Crippen LogP contribution in [0.5, 0.6) is 5.75 Å². The molecule has 21 heavy (non-hydrogen) atoms. The van der Waals surface area contributed by atoms with Crippen LogP contribution in [0.2, 0.25) is 0 Å². The van der Waals surface area contributed by atoms with Crippen molar-refractivity contribution in [1.29, 1.82) is 0 Å². The van der Waals surface area contributed by atoms with Crippen molar-refractivity contribution in [3.05, 3.63) is 58.9 Å². The summed E-state index contributed by atoms with van der Waals surface area (Å²) in [5, 5.41) is 2.83. The van der Waals surface area contributed by atoms with Gasteiger partial charge in [0, 0.05) is 17.7 Å². The summed E-state index contributed by atoms with van der Waals surface area (Å²) >= 11 is 0. The molecule has 0 aliphatic rings. The fourth-order valence-corrected chi connectivity index (χ4v) is 2.14. The van der Waals surface area contributed by atoms with Crippen molar-refractivity contribution >= 4 is 5.69 Å². The highest BCUT2D eigenvalue weighted by atomic mass is 19.2. The number of rotatable bonds is 4. The Bertz CT molecular complexity index is 658. The van der Waals surface area contributed by atoms with Gasteiger partial charge in [-0.05, 0) is 19.9 Å². The minimum Gasteiger partial charge on any atom is -0.496 e. The van der Waals surface area contributed by atoms with Gasteiger partial charge in [-0.25, -0.2) is 13.2 Å². The van der Waals surface area contributed by atoms with E-state index in [0.29, 0.717) is 11.8 Å². The van der Waals surface area contributed by atoms with Crippen molar-refractivity contribution in [2.75, 3.05) is 12.4 Å². The van der Waals surface area contributed by atoms with Crippen LogP contribution < -0.4 is 10.1 Å². The number of benzene rings is 2. The average Bonchev–Trinajstić information content (AvgIpc) is 2.44. The highest BCUT2D eigenvalue weighted by molar-refractivity contribution is 5.49. The third-order valence-electron chi connectivity index (χ3n) is 3.23. The first kappa shape index (κ1) is 15.2. The summed E-state index contributed by atoms with van der Waals surface area (Å²) in [6, 6.07) is 6.60. The monoisotopic (exact) mass is 295 g/mol. The number of halogens is 3. The van der Waals surface area contributed by atoms with Gasteiger partial charge in [0.25, 0.3) is 0 Å². The smallest absolute Gasteiger partial charge is 0.161 e. The summed E-state index contributed by atoms with van der Waals surface area (Å²) in [6.45, 7) is 3.71. The molecule has 1 N–H and O–H groups in total. The molecule has 2 aromatic rings. The maximum Gasteiger partial charge on any atom is 0.161 e. The van der Waals surface area contributed by atoms with E-state index in [9.17, 15) is 13.2 Å². The lowest BCUT2D eigenvalue weighted by molar-refractivity contribution is 0.407. The molecular formula is C16H16F3NO. The maximum atomic E-state index is 13.7. The first-order chi connectivity index (χ1) is 9.92. The summed E-state index contributed by atoms with van der Waals surface area (Å²) in [5.41, 5.74) is 1.73. The summed E-state index contributed by atoms with van der Waals surface area (Å²) in [7, 11) is 1.54. The van der Waals surface area contributed by atoms with Crippen LogP contribution in [0.1, 0.15) is 24.1 Å². The average molecular weight is 295 g/mol. The van der Waals surface area contributed by atoms with E-state index < -0.39 is 17.5 Å². The van der Waals surface area contributed by atoms with E-state index in [1.807, 2.05) is 25.1 Å². The van der Waals surface area contributed by atoms with Crippen LogP contribution in [-0.2, 0) is 0 Å². The van der Waals surface area contributed by atoms with Gasteiger partial charge in [0.1, 0.15) is 11.6 Å². The molecule has 5 heteroatoms. The molecule has 0 spiro atoms. The Hall–Kier alpha value is -2.17. The minimum absolute atomic E-state index is 0.0926. The molecular weight excluding hydrogens is 279 g/mol. The Morgan fingerprint density at radius 2 is 1.67 bits per heavy atom. The summed E-state index contributed by atoms with van der Waals surface area (Å²) < 4.78 is 45.1. The molecule has 0 radical (unpaired) electrons. The topological polar surface area (TPSA) is 21.3 Å². The predicted octanol–water partition coefficient (Wildman–Crippen LogP) is 4.59. The normalized spacial score (nSPS) is 12.1. The largest absolute Gasteiger partial charge is 0.496 e. The third-order valence-corrected chi connectivity index (χ3v) is 3.23. The fraction of sp³-hybridized carbons (Fsp3) is 0.250. The van der Waals surface area contributed by atoms with Gasteiger partial charge in [-0.1, -0.05) is 17.7 Å². The van der Waals surface area contributed by atoms with E-state index in [2.05, 4.69) is 5.32 Å². The van der Waals surface area contributed by atoms with Gasteiger partial charge in [0.05, 0.1) is 18.8 Å². The molecule has 0 fully saturated rings. The standard InChI is InChI=1S/C16H16F3NO/c1-9-4-5-16(21-3)11(6-9)10(2)20-15-8-13(18)12(17)7-14(15)19/h4-8,10,20H,1-3H3. The number of hydrogen-bond donors (Lipinski definition) is 1. The molecule has 2 aromatic carbocycles. The fourth-order valence-electron chi connectivity index (χ4n) is 2.14. The number of hydrogen-bond acceptors (Lipinski definition) is 2. The van der Waals surface area contributed by atoms with E-state index in [4.69, 9.17) is 4.74 Å². The molecule has 0 aliphatic carbocycles.